The molecule has 0 bridgehead atoms. The lowest BCUT2D eigenvalue weighted by Crippen LogP contribution is -2.09. The van der Waals surface area contributed by atoms with Crippen molar-refractivity contribution in [2.45, 2.75) is 34.6 Å². The van der Waals surface area contributed by atoms with Crippen molar-refractivity contribution in [1.82, 2.24) is 4.98 Å². The van der Waals surface area contributed by atoms with Gasteiger partial charge in [0.25, 0.3) is 0 Å². The number of benzene rings is 2. The summed E-state index contributed by atoms with van der Waals surface area (Å²) >= 11 is 0. The Morgan fingerprint density at radius 3 is 2.03 bits per heavy atom. The fourth-order valence-corrected chi connectivity index (χ4v) is 4.05. The molecule has 0 amide bonds. The van der Waals surface area contributed by atoms with Crippen molar-refractivity contribution in [2.75, 3.05) is 0 Å². The molecule has 2 aromatic carbocycles. The molecule has 3 rings (SSSR count). The minimum atomic E-state index is -4.12. The molecule has 156 valence electrons. The largest absolute Gasteiger partial charge is 0.428 e. The minimum Gasteiger partial charge on any atom is -0.366 e. The van der Waals surface area contributed by atoms with Crippen LogP contribution >= 0.6 is 0 Å². The van der Waals surface area contributed by atoms with Crippen LogP contribution in [0.2, 0.25) is 0 Å². The van der Waals surface area contributed by atoms with Crippen LogP contribution in [-0.4, -0.2) is 24.8 Å². The summed E-state index contributed by atoms with van der Waals surface area (Å²) in [6.45, 7) is 9.68. The van der Waals surface area contributed by atoms with E-state index < -0.39 is 10.3 Å². The maximum atomic E-state index is 12.2. The van der Waals surface area contributed by atoms with E-state index in [1.807, 2.05) is 26.8 Å². The molecule has 0 spiro atoms. The van der Waals surface area contributed by atoms with Crippen LogP contribution in [-0.2, 0) is 10.3 Å². The Bertz CT molecular complexity index is 1200. The van der Waals surface area contributed by atoms with Gasteiger partial charge in [0.2, 0.25) is 0 Å². The maximum Gasteiger partial charge on any atom is 0.428 e. The van der Waals surface area contributed by atoms with Gasteiger partial charge in [-0.2, -0.15) is 8.42 Å². The second-order valence-electron chi connectivity index (χ2n) is 7.23. The van der Waals surface area contributed by atoms with Gasteiger partial charge in [-0.3, -0.25) is 4.99 Å². The first-order valence-corrected chi connectivity index (χ1v) is 10.9. The van der Waals surface area contributed by atoms with Gasteiger partial charge in [-0.05, 0) is 70.0 Å². The first-order chi connectivity index (χ1) is 14.1. The van der Waals surface area contributed by atoms with Gasteiger partial charge < -0.3 is 9.17 Å². The van der Waals surface area contributed by atoms with E-state index in [4.69, 9.17) is 9.18 Å². The van der Waals surface area contributed by atoms with Gasteiger partial charge in [0.15, 0.2) is 0 Å². The number of aliphatic imine (C=N–C) groups is 1. The Morgan fingerprint density at radius 1 is 0.867 bits per heavy atom. The quantitative estimate of drug-likeness (QED) is 0.552. The molecule has 7 heteroatoms. The zero-order chi connectivity index (χ0) is 21.9. The van der Waals surface area contributed by atoms with Crippen LogP contribution in [0.5, 0.6) is 5.75 Å². The Morgan fingerprint density at radius 2 is 1.43 bits per heavy atom. The molecular weight excluding hydrogens is 398 g/mol. The SMILES string of the molecule is CC(=Nc1c(C)cc(C)cc1C)c1ccc(C(C)=NS(=O)(=O)Oc2ccccc2)[nH]1. The molecule has 0 saturated heterocycles. The third kappa shape index (κ3) is 5.24. The minimum absolute atomic E-state index is 0.216. The fraction of sp³-hybridized carbons (Fsp3) is 0.217. The summed E-state index contributed by atoms with van der Waals surface area (Å²) in [4.78, 5) is 7.96. The molecule has 0 aliphatic heterocycles. The smallest absolute Gasteiger partial charge is 0.366 e. The average molecular weight is 424 g/mol. The van der Waals surface area contributed by atoms with E-state index in [2.05, 4.69) is 28.4 Å². The number of aromatic amines is 1. The van der Waals surface area contributed by atoms with Crippen molar-refractivity contribution in [3.05, 3.63) is 82.7 Å². The molecule has 0 atom stereocenters. The van der Waals surface area contributed by atoms with Crippen LogP contribution in [0.15, 0.2) is 64.0 Å². The van der Waals surface area contributed by atoms with Crippen molar-refractivity contribution in [3.63, 3.8) is 0 Å². The molecule has 1 N–H and O–H groups in total. The standard InChI is InChI=1S/C23H25N3O3S/c1-15-13-16(2)23(17(3)14-15)24-18(4)21-11-12-22(25-21)19(5)26-30(27,28)29-20-9-7-6-8-10-20/h6-14,25H,1-5H3. The highest BCUT2D eigenvalue weighted by Gasteiger charge is 2.14. The third-order valence-corrected chi connectivity index (χ3v) is 5.47. The summed E-state index contributed by atoms with van der Waals surface area (Å²) in [5.41, 5.74) is 6.84. The highest BCUT2D eigenvalue weighted by Crippen LogP contribution is 2.26. The first kappa shape index (κ1) is 21.5. The van der Waals surface area contributed by atoms with Crippen molar-refractivity contribution in [2.24, 2.45) is 9.39 Å². The average Bonchev–Trinajstić information content (AvgIpc) is 3.15. The predicted octanol–water partition coefficient (Wildman–Crippen LogP) is 5.21. The van der Waals surface area contributed by atoms with Gasteiger partial charge in [-0.1, -0.05) is 35.9 Å². The number of aryl methyl sites for hydroxylation is 3. The Balaban J connectivity index is 1.84. The number of rotatable bonds is 6. The summed E-state index contributed by atoms with van der Waals surface area (Å²) in [7, 11) is -4.12. The van der Waals surface area contributed by atoms with Gasteiger partial charge in [-0.25, -0.2) is 0 Å². The topological polar surface area (TPSA) is 83.9 Å². The highest BCUT2D eigenvalue weighted by molar-refractivity contribution is 7.85. The second kappa shape index (κ2) is 8.67. The zero-order valence-corrected chi connectivity index (χ0v) is 18.5. The first-order valence-electron chi connectivity index (χ1n) is 9.53. The van der Waals surface area contributed by atoms with E-state index in [0.717, 1.165) is 28.2 Å². The summed E-state index contributed by atoms with van der Waals surface area (Å²) in [5.74, 6) is 0.216. The van der Waals surface area contributed by atoms with Gasteiger partial charge in [0.05, 0.1) is 28.5 Å². The molecule has 0 aliphatic rings. The Hall–Kier alpha value is -3.19. The highest BCUT2D eigenvalue weighted by atomic mass is 32.2. The summed E-state index contributed by atoms with van der Waals surface area (Å²) in [6, 6.07) is 16.1. The number of hydrogen-bond acceptors (Lipinski definition) is 4. The lowest BCUT2D eigenvalue weighted by atomic mass is 10.1. The van der Waals surface area contributed by atoms with E-state index in [1.54, 1.807) is 43.3 Å². The lowest BCUT2D eigenvalue weighted by Gasteiger charge is -2.08. The van der Waals surface area contributed by atoms with E-state index in [-0.39, 0.29) is 5.75 Å². The number of H-pyrrole nitrogens is 1. The van der Waals surface area contributed by atoms with Crippen LogP contribution in [0.3, 0.4) is 0 Å². The zero-order valence-electron chi connectivity index (χ0n) is 17.7. The molecular formula is C23H25N3O3S. The van der Waals surface area contributed by atoms with E-state index in [9.17, 15) is 8.42 Å². The molecule has 0 unspecified atom stereocenters. The third-order valence-electron chi connectivity index (χ3n) is 4.57. The van der Waals surface area contributed by atoms with Crippen molar-refractivity contribution in [3.8, 4) is 5.75 Å². The Labute approximate surface area is 177 Å². The van der Waals surface area contributed by atoms with Crippen LogP contribution in [0, 0.1) is 20.8 Å². The molecule has 3 aromatic rings. The van der Waals surface area contributed by atoms with E-state index >= 15 is 0 Å². The normalized spacial score (nSPS) is 12.8. The van der Waals surface area contributed by atoms with Crippen LogP contribution in [0.4, 0.5) is 5.69 Å². The second-order valence-corrected chi connectivity index (χ2v) is 8.44. The molecule has 1 aromatic heterocycles. The van der Waals surface area contributed by atoms with Crippen LogP contribution in [0.25, 0.3) is 0 Å². The van der Waals surface area contributed by atoms with Crippen molar-refractivity contribution >= 4 is 27.4 Å². The number of nitrogens with zero attached hydrogens (tertiary/aromatic N) is 2. The van der Waals surface area contributed by atoms with Gasteiger partial charge in [0.1, 0.15) is 5.75 Å². The molecule has 0 aliphatic carbocycles. The lowest BCUT2D eigenvalue weighted by molar-refractivity contribution is 0.488. The number of hydrogen-bond donors (Lipinski definition) is 1. The molecule has 30 heavy (non-hydrogen) atoms. The van der Waals surface area contributed by atoms with Gasteiger partial charge in [-0.15, -0.1) is 4.40 Å². The molecule has 0 radical (unpaired) electrons. The maximum absolute atomic E-state index is 12.2. The van der Waals surface area contributed by atoms with Crippen LogP contribution < -0.4 is 4.18 Å². The number of aromatic nitrogens is 1. The monoisotopic (exact) mass is 423 g/mol. The van der Waals surface area contributed by atoms with Gasteiger partial charge in [0, 0.05) is 0 Å². The fourth-order valence-electron chi connectivity index (χ4n) is 3.23. The van der Waals surface area contributed by atoms with Crippen LogP contribution in [0.1, 0.15) is 41.9 Å². The number of nitrogens with one attached hydrogen (secondary N) is 1. The van der Waals surface area contributed by atoms with E-state index in [0.29, 0.717) is 11.4 Å². The Kier molecular flexibility index (Phi) is 6.22. The number of para-hydroxylation sites is 1. The van der Waals surface area contributed by atoms with Crippen molar-refractivity contribution < 1.29 is 12.6 Å². The summed E-state index contributed by atoms with van der Waals surface area (Å²) in [6.07, 6.45) is 0. The predicted molar refractivity (Wildman–Crippen MR) is 122 cm³/mol. The summed E-state index contributed by atoms with van der Waals surface area (Å²) < 4.78 is 33.2. The summed E-state index contributed by atoms with van der Waals surface area (Å²) in [5, 5.41) is 0. The molecule has 6 nitrogen and oxygen atoms in total. The molecule has 0 fully saturated rings. The van der Waals surface area contributed by atoms with Crippen molar-refractivity contribution in [1.29, 1.82) is 0 Å². The molecule has 1 heterocycles. The van der Waals surface area contributed by atoms with Gasteiger partial charge >= 0.3 is 10.3 Å². The molecule has 0 saturated carbocycles. The van der Waals surface area contributed by atoms with E-state index in [1.165, 1.54) is 5.56 Å².